The summed E-state index contributed by atoms with van der Waals surface area (Å²) < 4.78 is 0. The molecule has 2 atom stereocenters. The van der Waals surface area contributed by atoms with E-state index in [4.69, 9.17) is 0 Å². The van der Waals surface area contributed by atoms with Gasteiger partial charge in [-0.1, -0.05) is 18.9 Å². The Hall–Kier alpha value is -0.930. The van der Waals surface area contributed by atoms with Crippen LogP contribution in [0.25, 0.3) is 0 Å². The van der Waals surface area contributed by atoms with E-state index in [9.17, 15) is 5.11 Å². The van der Waals surface area contributed by atoms with E-state index < -0.39 is 0 Å². The van der Waals surface area contributed by atoms with E-state index in [-0.39, 0.29) is 0 Å². The lowest BCUT2D eigenvalue weighted by molar-refractivity contribution is 0.133. The first-order chi connectivity index (χ1) is 8.40. The first-order valence-electron chi connectivity index (χ1n) is 6.60. The average molecular weight is 234 g/mol. The zero-order valence-electron chi connectivity index (χ0n) is 10.3. The summed E-state index contributed by atoms with van der Waals surface area (Å²) in [6.45, 7) is 2.24. The van der Waals surface area contributed by atoms with Crippen LogP contribution in [0.4, 0.5) is 0 Å². The number of aromatic nitrogens is 1. The van der Waals surface area contributed by atoms with Crippen LogP contribution in [-0.4, -0.2) is 23.2 Å². The molecule has 1 saturated carbocycles. The molecule has 3 nitrogen and oxygen atoms in total. The van der Waals surface area contributed by atoms with Crippen molar-refractivity contribution in [2.24, 2.45) is 11.8 Å². The van der Waals surface area contributed by atoms with Gasteiger partial charge in [-0.15, -0.1) is 0 Å². The minimum atomic E-state index is 0.346. The van der Waals surface area contributed by atoms with Gasteiger partial charge in [-0.05, 0) is 42.9 Å². The van der Waals surface area contributed by atoms with Crippen molar-refractivity contribution in [3.05, 3.63) is 30.1 Å². The molecule has 2 unspecified atom stereocenters. The Morgan fingerprint density at radius 1 is 1.29 bits per heavy atom. The van der Waals surface area contributed by atoms with Crippen LogP contribution < -0.4 is 5.32 Å². The topological polar surface area (TPSA) is 45.1 Å². The molecule has 2 N–H and O–H groups in total. The first-order valence-corrected chi connectivity index (χ1v) is 6.60. The molecule has 1 aromatic heterocycles. The molecule has 1 aromatic rings. The zero-order chi connectivity index (χ0) is 11.9. The lowest BCUT2D eigenvalue weighted by Crippen LogP contribution is -2.32. The molecule has 0 saturated heterocycles. The molecule has 2 rings (SSSR count). The Balaban J connectivity index is 1.74. The molecule has 3 heteroatoms. The van der Waals surface area contributed by atoms with Crippen LogP contribution in [0.2, 0.25) is 0 Å². The first kappa shape index (κ1) is 12.5. The molecule has 0 aromatic carbocycles. The lowest BCUT2D eigenvalue weighted by Gasteiger charge is -2.30. The Morgan fingerprint density at radius 3 is 2.82 bits per heavy atom. The molecule has 0 radical (unpaired) electrons. The number of pyridine rings is 1. The number of nitrogens with one attached hydrogen (secondary N) is 1. The summed E-state index contributed by atoms with van der Waals surface area (Å²) >= 11 is 0. The van der Waals surface area contributed by atoms with Gasteiger partial charge in [0.1, 0.15) is 0 Å². The molecule has 0 amide bonds. The largest absolute Gasteiger partial charge is 0.396 e. The number of aliphatic hydroxyl groups is 1. The number of hydrogen-bond donors (Lipinski definition) is 2. The van der Waals surface area contributed by atoms with Crippen LogP contribution >= 0.6 is 0 Å². The van der Waals surface area contributed by atoms with Crippen molar-refractivity contribution < 1.29 is 5.11 Å². The Bertz CT molecular complexity index is 315. The molecular weight excluding hydrogens is 212 g/mol. The zero-order valence-corrected chi connectivity index (χ0v) is 10.3. The maximum absolute atomic E-state index is 9.34. The number of hydrogen-bond acceptors (Lipinski definition) is 3. The second-order valence-corrected chi connectivity index (χ2v) is 4.98. The summed E-state index contributed by atoms with van der Waals surface area (Å²) in [4.78, 5) is 4.10. The molecule has 0 spiro atoms. The predicted molar refractivity (Wildman–Crippen MR) is 68.5 cm³/mol. The van der Waals surface area contributed by atoms with Crippen molar-refractivity contribution in [3.63, 3.8) is 0 Å². The van der Waals surface area contributed by atoms with E-state index in [0.717, 1.165) is 13.1 Å². The fourth-order valence-electron chi connectivity index (χ4n) is 2.70. The average Bonchev–Trinajstić information content (AvgIpc) is 2.40. The van der Waals surface area contributed by atoms with E-state index in [1.54, 1.807) is 6.20 Å². The van der Waals surface area contributed by atoms with Crippen LogP contribution in [0.15, 0.2) is 24.5 Å². The van der Waals surface area contributed by atoms with Gasteiger partial charge in [0.2, 0.25) is 0 Å². The summed E-state index contributed by atoms with van der Waals surface area (Å²) in [5, 5.41) is 12.8. The predicted octanol–water partition coefficient (Wildman–Crippen LogP) is 1.97. The lowest BCUT2D eigenvalue weighted by atomic mass is 9.79. The molecule has 17 heavy (non-hydrogen) atoms. The van der Waals surface area contributed by atoms with Gasteiger partial charge in [-0.2, -0.15) is 0 Å². The van der Waals surface area contributed by atoms with Gasteiger partial charge in [-0.3, -0.25) is 4.98 Å². The molecule has 1 aliphatic carbocycles. The van der Waals surface area contributed by atoms with E-state index in [1.807, 2.05) is 12.3 Å². The quantitative estimate of drug-likeness (QED) is 0.818. The second-order valence-electron chi connectivity index (χ2n) is 4.98. The number of rotatable bonds is 5. The van der Waals surface area contributed by atoms with Gasteiger partial charge in [0.05, 0.1) is 0 Å². The molecule has 94 valence electrons. The van der Waals surface area contributed by atoms with Gasteiger partial charge in [-0.25, -0.2) is 0 Å². The van der Waals surface area contributed by atoms with E-state index in [1.165, 1.54) is 31.2 Å². The number of aliphatic hydroxyl groups excluding tert-OH is 1. The molecule has 0 aliphatic heterocycles. The third-order valence-corrected chi connectivity index (χ3v) is 3.76. The molecule has 1 fully saturated rings. The second kappa shape index (κ2) is 6.72. The van der Waals surface area contributed by atoms with Crippen molar-refractivity contribution in [1.82, 2.24) is 10.3 Å². The van der Waals surface area contributed by atoms with Gasteiger partial charge < -0.3 is 10.4 Å². The van der Waals surface area contributed by atoms with Crippen LogP contribution in [0.3, 0.4) is 0 Å². The molecule has 0 bridgehead atoms. The Labute approximate surface area is 103 Å². The SMILES string of the molecule is OCC1CCCCC1CNCc1cccnc1. The third-order valence-electron chi connectivity index (χ3n) is 3.76. The van der Waals surface area contributed by atoms with Gasteiger partial charge in [0.15, 0.2) is 0 Å². The molecular formula is C14H22N2O. The van der Waals surface area contributed by atoms with E-state index in [0.29, 0.717) is 18.4 Å². The highest BCUT2D eigenvalue weighted by Crippen LogP contribution is 2.29. The van der Waals surface area contributed by atoms with E-state index >= 15 is 0 Å². The maximum atomic E-state index is 9.34. The van der Waals surface area contributed by atoms with Crippen molar-refractivity contribution in [1.29, 1.82) is 0 Å². The summed E-state index contributed by atoms with van der Waals surface area (Å²) in [7, 11) is 0. The van der Waals surface area contributed by atoms with Gasteiger partial charge >= 0.3 is 0 Å². The highest BCUT2D eigenvalue weighted by Gasteiger charge is 2.23. The summed E-state index contributed by atoms with van der Waals surface area (Å²) in [6.07, 6.45) is 8.74. The molecule has 1 heterocycles. The Kier molecular flexibility index (Phi) is 4.95. The Morgan fingerprint density at radius 2 is 2.12 bits per heavy atom. The summed E-state index contributed by atoms with van der Waals surface area (Å²) in [6, 6.07) is 4.05. The third kappa shape index (κ3) is 3.79. The van der Waals surface area contributed by atoms with Crippen molar-refractivity contribution >= 4 is 0 Å². The van der Waals surface area contributed by atoms with E-state index in [2.05, 4.69) is 16.4 Å². The minimum Gasteiger partial charge on any atom is -0.396 e. The van der Waals surface area contributed by atoms with Crippen LogP contribution in [-0.2, 0) is 6.54 Å². The van der Waals surface area contributed by atoms with Crippen LogP contribution in [0.1, 0.15) is 31.2 Å². The van der Waals surface area contributed by atoms with Crippen molar-refractivity contribution in [3.8, 4) is 0 Å². The van der Waals surface area contributed by atoms with Crippen LogP contribution in [0, 0.1) is 11.8 Å². The standard InChI is InChI=1S/C14H22N2O/c17-11-14-6-2-1-5-13(14)10-16-9-12-4-3-7-15-8-12/h3-4,7-8,13-14,16-17H,1-2,5-6,9-11H2. The van der Waals surface area contributed by atoms with Gasteiger partial charge in [0.25, 0.3) is 0 Å². The summed E-state index contributed by atoms with van der Waals surface area (Å²) in [5.74, 6) is 1.15. The van der Waals surface area contributed by atoms with Crippen LogP contribution in [0.5, 0.6) is 0 Å². The normalized spacial score (nSPS) is 24.8. The minimum absolute atomic E-state index is 0.346. The summed E-state index contributed by atoms with van der Waals surface area (Å²) in [5.41, 5.74) is 1.23. The highest BCUT2D eigenvalue weighted by atomic mass is 16.3. The molecule has 1 aliphatic rings. The van der Waals surface area contributed by atoms with Crippen molar-refractivity contribution in [2.45, 2.75) is 32.2 Å². The van der Waals surface area contributed by atoms with Crippen molar-refractivity contribution in [2.75, 3.05) is 13.2 Å². The number of nitrogens with zero attached hydrogens (tertiary/aromatic N) is 1. The fourth-order valence-corrected chi connectivity index (χ4v) is 2.70. The highest BCUT2D eigenvalue weighted by molar-refractivity contribution is 5.07. The smallest absolute Gasteiger partial charge is 0.0462 e. The fraction of sp³-hybridized carbons (Fsp3) is 0.643. The van der Waals surface area contributed by atoms with Gasteiger partial charge in [0, 0.05) is 25.5 Å². The maximum Gasteiger partial charge on any atom is 0.0462 e. The monoisotopic (exact) mass is 234 g/mol.